The Balaban J connectivity index is 2.39. The lowest BCUT2D eigenvalue weighted by Crippen LogP contribution is -2.34. The molecule has 0 bridgehead atoms. The lowest BCUT2D eigenvalue weighted by atomic mass is 10.2. The minimum absolute atomic E-state index is 0.608. The smallest absolute Gasteiger partial charge is 0.330 e. The average molecular weight is 204 g/mol. The second-order valence-corrected chi connectivity index (χ2v) is 3.29. The van der Waals surface area contributed by atoms with Crippen LogP contribution in [-0.2, 0) is 7.05 Å². The summed E-state index contributed by atoms with van der Waals surface area (Å²) in [6, 6.07) is 7.28. The normalized spacial score (nSPS) is 10.2. The van der Waals surface area contributed by atoms with Gasteiger partial charge in [0.15, 0.2) is 0 Å². The number of urea groups is 1. The predicted octanol–water partition coefficient (Wildman–Crippen LogP) is 1.17. The number of amides is 2. The van der Waals surface area contributed by atoms with Gasteiger partial charge in [-0.15, -0.1) is 0 Å². The van der Waals surface area contributed by atoms with Crippen LogP contribution in [0.25, 0.3) is 10.9 Å². The van der Waals surface area contributed by atoms with Gasteiger partial charge in [-0.25, -0.2) is 4.79 Å². The van der Waals surface area contributed by atoms with Crippen molar-refractivity contribution in [2.75, 3.05) is 5.43 Å². The molecule has 5 nitrogen and oxygen atoms in total. The van der Waals surface area contributed by atoms with Gasteiger partial charge in [-0.1, -0.05) is 18.2 Å². The lowest BCUT2D eigenvalue weighted by molar-refractivity contribution is 0.250. The highest BCUT2D eigenvalue weighted by molar-refractivity contribution is 5.93. The van der Waals surface area contributed by atoms with Crippen LogP contribution in [0.2, 0.25) is 0 Å². The number of aryl methyl sites for hydroxylation is 1. The number of hydrazine groups is 1. The first-order valence-electron chi connectivity index (χ1n) is 4.54. The van der Waals surface area contributed by atoms with E-state index in [9.17, 15) is 4.79 Å². The van der Waals surface area contributed by atoms with E-state index in [0.717, 1.165) is 16.6 Å². The van der Waals surface area contributed by atoms with Crippen molar-refractivity contribution in [2.45, 2.75) is 0 Å². The van der Waals surface area contributed by atoms with Gasteiger partial charge < -0.3 is 10.3 Å². The molecule has 0 saturated carbocycles. The maximum Gasteiger partial charge on any atom is 0.330 e. The van der Waals surface area contributed by atoms with Gasteiger partial charge >= 0.3 is 6.03 Å². The number of rotatable bonds is 2. The van der Waals surface area contributed by atoms with Gasteiger partial charge in [0, 0.05) is 24.1 Å². The number of nitrogens with zero attached hydrogens (tertiary/aromatic N) is 1. The van der Waals surface area contributed by atoms with Crippen LogP contribution in [0.1, 0.15) is 0 Å². The highest BCUT2D eigenvalue weighted by atomic mass is 16.2. The third kappa shape index (κ3) is 1.71. The number of nitrogens with one attached hydrogen (secondary N) is 2. The first-order valence-corrected chi connectivity index (χ1v) is 4.54. The molecular weight excluding hydrogens is 192 g/mol. The van der Waals surface area contributed by atoms with Crippen molar-refractivity contribution >= 4 is 22.6 Å². The molecule has 4 N–H and O–H groups in total. The molecule has 0 spiro atoms. The third-order valence-electron chi connectivity index (χ3n) is 2.22. The lowest BCUT2D eigenvalue weighted by Gasteiger charge is -2.03. The fourth-order valence-electron chi connectivity index (χ4n) is 1.57. The molecule has 0 aliphatic heterocycles. The van der Waals surface area contributed by atoms with E-state index in [2.05, 4.69) is 10.9 Å². The fraction of sp³-hybridized carbons (Fsp3) is 0.100. The third-order valence-corrected chi connectivity index (χ3v) is 2.22. The summed E-state index contributed by atoms with van der Waals surface area (Å²) in [5.74, 6) is 0. The number of anilines is 1. The summed E-state index contributed by atoms with van der Waals surface area (Å²) < 4.78 is 1.97. The van der Waals surface area contributed by atoms with E-state index < -0.39 is 6.03 Å². The molecule has 1 heterocycles. The Labute approximate surface area is 86.8 Å². The predicted molar refractivity (Wildman–Crippen MR) is 59.3 cm³/mol. The van der Waals surface area contributed by atoms with Crippen LogP contribution in [0.3, 0.4) is 0 Å². The summed E-state index contributed by atoms with van der Waals surface area (Å²) >= 11 is 0. The summed E-state index contributed by atoms with van der Waals surface area (Å²) in [4.78, 5) is 10.6. The molecule has 0 aliphatic rings. The largest absolute Gasteiger partial charge is 0.350 e. The van der Waals surface area contributed by atoms with Crippen molar-refractivity contribution in [2.24, 2.45) is 12.8 Å². The second kappa shape index (κ2) is 3.53. The van der Waals surface area contributed by atoms with Crippen molar-refractivity contribution in [1.29, 1.82) is 0 Å². The van der Waals surface area contributed by atoms with Gasteiger partial charge in [0.1, 0.15) is 0 Å². The van der Waals surface area contributed by atoms with E-state index >= 15 is 0 Å². The first kappa shape index (κ1) is 9.39. The van der Waals surface area contributed by atoms with E-state index in [1.807, 2.05) is 42.1 Å². The number of hydrogen-bond donors (Lipinski definition) is 3. The van der Waals surface area contributed by atoms with Crippen molar-refractivity contribution in [3.63, 3.8) is 0 Å². The molecule has 2 aromatic rings. The number of carbonyl (C=O) groups excluding carboxylic acids is 1. The van der Waals surface area contributed by atoms with Gasteiger partial charge in [0.2, 0.25) is 0 Å². The van der Waals surface area contributed by atoms with E-state index in [0.29, 0.717) is 0 Å². The molecule has 1 aromatic carbocycles. The number of para-hydroxylation sites is 1. The highest BCUT2D eigenvalue weighted by Crippen LogP contribution is 2.23. The maximum atomic E-state index is 10.6. The van der Waals surface area contributed by atoms with Gasteiger partial charge in [-0.2, -0.15) is 0 Å². The van der Waals surface area contributed by atoms with Crippen molar-refractivity contribution in [1.82, 2.24) is 9.99 Å². The molecule has 0 aliphatic carbocycles. The first-order chi connectivity index (χ1) is 7.18. The summed E-state index contributed by atoms with van der Waals surface area (Å²) in [5.41, 5.74) is 12.0. The van der Waals surface area contributed by atoms with Crippen LogP contribution < -0.4 is 16.6 Å². The van der Waals surface area contributed by atoms with Crippen LogP contribution >= 0.6 is 0 Å². The molecule has 15 heavy (non-hydrogen) atoms. The molecule has 0 radical (unpaired) electrons. The summed E-state index contributed by atoms with van der Waals surface area (Å²) in [6.07, 6.45) is 1.89. The summed E-state index contributed by atoms with van der Waals surface area (Å²) in [6.45, 7) is 0. The zero-order valence-corrected chi connectivity index (χ0v) is 8.32. The number of fused-ring (bicyclic) bond motifs is 1. The minimum atomic E-state index is -0.608. The molecular formula is C10H12N4O. The molecule has 0 saturated heterocycles. The molecule has 0 atom stereocenters. The zero-order valence-electron chi connectivity index (χ0n) is 8.32. The van der Waals surface area contributed by atoms with Crippen molar-refractivity contribution < 1.29 is 4.79 Å². The zero-order chi connectivity index (χ0) is 10.8. The van der Waals surface area contributed by atoms with E-state index in [1.165, 1.54) is 0 Å². The molecule has 0 fully saturated rings. The summed E-state index contributed by atoms with van der Waals surface area (Å²) in [5, 5.41) is 1.04. The average Bonchev–Trinajstić information content (AvgIpc) is 2.54. The molecule has 2 amide bonds. The Morgan fingerprint density at radius 3 is 2.87 bits per heavy atom. The number of carbonyl (C=O) groups is 1. The van der Waals surface area contributed by atoms with E-state index in [4.69, 9.17) is 5.73 Å². The Bertz CT molecular complexity index is 503. The summed E-state index contributed by atoms with van der Waals surface area (Å²) in [7, 11) is 1.94. The topological polar surface area (TPSA) is 72.1 Å². The SMILES string of the molecule is Cn1cc(NNC(N)=O)c2ccccc21. The quantitative estimate of drug-likeness (QED) is 0.642. The van der Waals surface area contributed by atoms with Crippen LogP contribution in [-0.4, -0.2) is 10.6 Å². The Morgan fingerprint density at radius 1 is 1.40 bits per heavy atom. The minimum Gasteiger partial charge on any atom is -0.350 e. The molecule has 78 valence electrons. The number of aromatic nitrogens is 1. The number of nitrogens with two attached hydrogens (primary N) is 1. The van der Waals surface area contributed by atoms with Crippen LogP contribution in [0.5, 0.6) is 0 Å². The molecule has 2 rings (SSSR count). The van der Waals surface area contributed by atoms with Crippen molar-refractivity contribution in [3.05, 3.63) is 30.5 Å². The maximum absolute atomic E-state index is 10.6. The van der Waals surface area contributed by atoms with E-state index in [-0.39, 0.29) is 0 Å². The van der Waals surface area contributed by atoms with Crippen molar-refractivity contribution in [3.8, 4) is 0 Å². The van der Waals surface area contributed by atoms with Crippen LogP contribution in [0.15, 0.2) is 30.5 Å². The molecule has 0 unspecified atom stereocenters. The Morgan fingerprint density at radius 2 is 2.13 bits per heavy atom. The van der Waals surface area contributed by atoms with Gasteiger partial charge in [0.25, 0.3) is 0 Å². The molecule has 5 heteroatoms. The number of benzene rings is 1. The Hall–Kier alpha value is -2.17. The van der Waals surface area contributed by atoms with E-state index in [1.54, 1.807) is 0 Å². The Kier molecular flexibility index (Phi) is 2.21. The number of hydrogen-bond acceptors (Lipinski definition) is 2. The van der Waals surface area contributed by atoms with Crippen LogP contribution in [0.4, 0.5) is 10.5 Å². The standard InChI is InChI=1S/C10H12N4O/c1-14-6-8(12-13-10(11)15)7-4-2-3-5-9(7)14/h2-6,12H,1H3,(H3,11,13,15). The second-order valence-electron chi connectivity index (χ2n) is 3.29. The van der Waals surface area contributed by atoms with Gasteiger partial charge in [-0.05, 0) is 6.07 Å². The van der Waals surface area contributed by atoms with Crippen LogP contribution in [0, 0.1) is 0 Å². The fourth-order valence-corrected chi connectivity index (χ4v) is 1.57. The van der Waals surface area contributed by atoms with Gasteiger partial charge in [-0.3, -0.25) is 10.9 Å². The monoisotopic (exact) mass is 204 g/mol. The number of primary amides is 1. The highest BCUT2D eigenvalue weighted by Gasteiger charge is 2.04. The molecule has 1 aromatic heterocycles. The van der Waals surface area contributed by atoms with Gasteiger partial charge in [0.05, 0.1) is 5.69 Å².